The fourth-order valence-corrected chi connectivity index (χ4v) is 3.42. The summed E-state index contributed by atoms with van der Waals surface area (Å²) >= 11 is 6.25. The molecule has 0 radical (unpaired) electrons. The second-order valence-electron chi connectivity index (χ2n) is 6.36. The van der Waals surface area contributed by atoms with Crippen molar-refractivity contribution in [1.29, 1.82) is 0 Å². The van der Waals surface area contributed by atoms with Crippen molar-refractivity contribution >= 4 is 39.5 Å². The van der Waals surface area contributed by atoms with Gasteiger partial charge < -0.3 is 10.3 Å². The largest absolute Gasteiger partial charge is 0.360 e. The molecule has 1 aromatic carbocycles. The maximum absolute atomic E-state index is 6.25. The molecule has 0 aliphatic heterocycles. The average Bonchev–Trinajstić information content (AvgIpc) is 3.33. The Hall–Kier alpha value is -3.52. The van der Waals surface area contributed by atoms with E-state index in [4.69, 9.17) is 16.7 Å². The van der Waals surface area contributed by atoms with E-state index in [9.17, 15) is 0 Å². The first-order valence-electron chi connectivity index (χ1n) is 8.70. The van der Waals surface area contributed by atoms with Gasteiger partial charge >= 0.3 is 0 Å². The molecular formula is C19H15ClN8. The summed E-state index contributed by atoms with van der Waals surface area (Å²) in [5.41, 5.74) is 4.03. The number of benzene rings is 1. The number of aromatic nitrogens is 7. The molecule has 138 valence electrons. The molecule has 9 heteroatoms. The number of aromatic amines is 1. The predicted octanol–water partition coefficient (Wildman–Crippen LogP) is 3.91. The summed E-state index contributed by atoms with van der Waals surface area (Å²) in [6.07, 6.45) is 6.60. The van der Waals surface area contributed by atoms with Crippen molar-refractivity contribution < 1.29 is 0 Å². The predicted molar refractivity (Wildman–Crippen MR) is 108 cm³/mol. The molecule has 0 spiro atoms. The number of imidazole rings is 1. The van der Waals surface area contributed by atoms with Gasteiger partial charge in [-0.15, -0.1) is 0 Å². The fraction of sp³-hybridized carbons (Fsp3) is 0.105. The number of anilines is 1. The van der Waals surface area contributed by atoms with Gasteiger partial charge in [-0.3, -0.25) is 4.98 Å². The van der Waals surface area contributed by atoms with Crippen LogP contribution in [0.4, 0.5) is 5.82 Å². The van der Waals surface area contributed by atoms with Gasteiger partial charge in [0, 0.05) is 16.6 Å². The van der Waals surface area contributed by atoms with Crippen molar-refractivity contribution in [2.75, 3.05) is 5.32 Å². The zero-order valence-electron chi connectivity index (χ0n) is 14.8. The van der Waals surface area contributed by atoms with Crippen LogP contribution in [-0.2, 0) is 0 Å². The number of hydrogen-bond acceptors (Lipinski definition) is 6. The summed E-state index contributed by atoms with van der Waals surface area (Å²) in [6.45, 7) is 2.04. The van der Waals surface area contributed by atoms with E-state index in [-0.39, 0.29) is 6.04 Å². The molecule has 5 aromatic rings. The Balaban J connectivity index is 1.61. The van der Waals surface area contributed by atoms with E-state index in [0.717, 1.165) is 27.8 Å². The molecule has 0 amide bonds. The van der Waals surface area contributed by atoms with Crippen molar-refractivity contribution in [3.63, 3.8) is 0 Å². The first-order chi connectivity index (χ1) is 13.7. The third kappa shape index (κ3) is 2.74. The molecule has 2 N–H and O–H groups in total. The van der Waals surface area contributed by atoms with Crippen LogP contribution in [0.15, 0.2) is 55.4 Å². The van der Waals surface area contributed by atoms with Crippen LogP contribution in [0.5, 0.6) is 0 Å². The van der Waals surface area contributed by atoms with Gasteiger partial charge in [-0.1, -0.05) is 11.6 Å². The van der Waals surface area contributed by atoms with Crippen LogP contribution in [0, 0.1) is 0 Å². The van der Waals surface area contributed by atoms with Crippen LogP contribution >= 0.6 is 11.6 Å². The number of rotatable bonds is 4. The molecule has 4 aromatic heterocycles. The van der Waals surface area contributed by atoms with Gasteiger partial charge in [0.1, 0.15) is 11.8 Å². The van der Waals surface area contributed by atoms with E-state index in [0.29, 0.717) is 16.5 Å². The molecule has 0 saturated heterocycles. The number of halogens is 1. The zero-order chi connectivity index (χ0) is 19.1. The van der Waals surface area contributed by atoms with Crippen LogP contribution in [0.2, 0.25) is 5.02 Å². The minimum atomic E-state index is -0.122. The van der Waals surface area contributed by atoms with E-state index in [2.05, 4.69) is 30.2 Å². The molecule has 0 unspecified atom stereocenters. The Labute approximate surface area is 164 Å². The first kappa shape index (κ1) is 16.6. The molecule has 0 aliphatic carbocycles. The summed E-state index contributed by atoms with van der Waals surface area (Å²) in [4.78, 5) is 19.9. The third-order valence-electron chi connectivity index (χ3n) is 4.55. The molecule has 5 rings (SSSR count). The lowest BCUT2D eigenvalue weighted by Crippen LogP contribution is -2.10. The smallest absolute Gasteiger partial charge is 0.182 e. The highest BCUT2D eigenvalue weighted by Gasteiger charge is 2.19. The normalized spacial score (nSPS) is 12.5. The standard InChI is InChI=1S/C19H15ClN8/c1-11(26-19-17-18(23-9-22-17)24-10-25-19)16-14-5-4-12(20)7-15(14)28(27-16)13-3-2-6-21-8-13/h2-11H,1H3,(H2,22,23,24,25,26)/t11-/m0/s1. The van der Waals surface area contributed by atoms with Gasteiger partial charge in [0.05, 0.1) is 35.5 Å². The number of nitrogens with zero attached hydrogens (tertiary/aromatic N) is 6. The van der Waals surface area contributed by atoms with Crippen molar-refractivity contribution in [1.82, 2.24) is 34.7 Å². The number of fused-ring (bicyclic) bond motifs is 2. The minimum Gasteiger partial charge on any atom is -0.360 e. The summed E-state index contributed by atoms with van der Waals surface area (Å²) < 4.78 is 1.85. The quantitative estimate of drug-likeness (QED) is 0.482. The summed E-state index contributed by atoms with van der Waals surface area (Å²) in [5.74, 6) is 0.674. The van der Waals surface area contributed by atoms with E-state index >= 15 is 0 Å². The van der Waals surface area contributed by atoms with E-state index < -0.39 is 0 Å². The number of hydrogen-bond donors (Lipinski definition) is 2. The molecular weight excluding hydrogens is 376 g/mol. The van der Waals surface area contributed by atoms with Gasteiger partial charge in [0.25, 0.3) is 0 Å². The van der Waals surface area contributed by atoms with E-state index in [1.165, 1.54) is 6.33 Å². The van der Waals surface area contributed by atoms with Gasteiger partial charge in [-0.2, -0.15) is 5.10 Å². The highest BCUT2D eigenvalue weighted by molar-refractivity contribution is 6.31. The maximum atomic E-state index is 6.25. The zero-order valence-corrected chi connectivity index (χ0v) is 15.6. The maximum Gasteiger partial charge on any atom is 0.182 e. The van der Waals surface area contributed by atoms with Gasteiger partial charge in [0.15, 0.2) is 11.5 Å². The molecule has 8 nitrogen and oxygen atoms in total. The summed E-state index contributed by atoms with van der Waals surface area (Å²) in [5, 5.41) is 9.92. The van der Waals surface area contributed by atoms with Crippen LogP contribution in [0.25, 0.3) is 27.8 Å². The fourth-order valence-electron chi connectivity index (χ4n) is 3.26. The second-order valence-corrected chi connectivity index (χ2v) is 6.80. The molecule has 0 saturated carbocycles. The van der Waals surface area contributed by atoms with Crippen LogP contribution in [0.1, 0.15) is 18.7 Å². The van der Waals surface area contributed by atoms with Gasteiger partial charge in [-0.05, 0) is 37.3 Å². The summed E-state index contributed by atoms with van der Waals surface area (Å²) in [7, 11) is 0. The Morgan fingerprint density at radius 2 is 2.11 bits per heavy atom. The molecule has 4 heterocycles. The highest BCUT2D eigenvalue weighted by atomic mass is 35.5. The Bertz CT molecular complexity index is 1280. The molecule has 28 heavy (non-hydrogen) atoms. The molecule has 0 aliphatic rings. The lowest BCUT2D eigenvalue weighted by atomic mass is 10.1. The summed E-state index contributed by atoms with van der Waals surface area (Å²) in [6, 6.07) is 9.48. The number of pyridine rings is 1. The molecule has 1 atom stereocenters. The topological polar surface area (TPSA) is 97.2 Å². The first-order valence-corrected chi connectivity index (χ1v) is 9.08. The van der Waals surface area contributed by atoms with Crippen molar-refractivity contribution in [3.8, 4) is 5.69 Å². The number of H-pyrrole nitrogens is 1. The van der Waals surface area contributed by atoms with Gasteiger partial charge in [-0.25, -0.2) is 19.6 Å². The Morgan fingerprint density at radius 1 is 1.18 bits per heavy atom. The van der Waals surface area contributed by atoms with Crippen LogP contribution < -0.4 is 5.32 Å². The van der Waals surface area contributed by atoms with Crippen molar-refractivity contribution in [3.05, 3.63) is 66.1 Å². The SMILES string of the molecule is C[C@H](Nc1ncnc2nc[nH]c12)c1nn(-c2cccnc2)c2cc(Cl)ccc12. The second kappa shape index (κ2) is 6.58. The molecule has 0 fully saturated rings. The van der Waals surface area contributed by atoms with E-state index in [1.54, 1.807) is 18.7 Å². The van der Waals surface area contributed by atoms with Crippen molar-refractivity contribution in [2.45, 2.75) is 13.0 Å². The van der Waals surface area contributed by atoms with Crippen molar-refractivity contribution in [2.24, 2.45) is 0 Å². The Morgan fingerprint density at radius 3 is 2.96 bits per heavy atom. The Kier molecular flexibility index (Phi) is 3.91. The highest BCUT2D eigenvalue weighted by Crippen LogP contribution is 2.30. The molecule has 0 bridgehead atoms. The minimum absolute atomic E-state index is 0.122. The van der Waals surface area contributed by atoms with Gasteiger partial charge in [0.2, 0.25) is 0 Å². The van der Waals surface area contributed by atoms with Crippen LogP contribution in [0.3, 0.4) is 0 Å². The average molecular weight is 391 g/mol. The van der Waals surface area contributed by atoms with Crippen LogP contribution in [-0.4, -0.2) is 34.7 Å². The number of nitrogens with one attached hydrogen (secondary N) is 2. The monoisotopic (exact) mass is 390 g/mol. The van der Waals surface area contributed by atoms with E-state index in [1.807, 2.05) is 41.9 Å². The lowest BCUT2D eigenvalue weighted by Gasteiger charge is -2.13. The lowest BCUT2D eigenvalue weighted by molar-refractivity contribution is 0.784. The third-order valence-corrected chi connectivity index (χ3v) is 4.78.